The van der Waals surface area contributed by atoms with E-state index in [1.807, 2.05) is 25.3 Å². The van der Waals surface area contributed by atoms with Crippen molar-refractivity contribution in [1.29, 1.82) is 0 Å². The van der Waals surface area contributed by atoms with Crippen LogP contribution in [0.2, 0.25) is 0 Å². The van der Waals surface area contributed by atoms with Crippen molar-refractivity contribution in [3.8, 4) is 0 Å². The number of imidazole rings is 1. The molecule has 0 spiro atoms. The Balaban J connectivity index is 1.72. The number of rotatable bonds is 3. The first-order valence-corrected chi connectivity index (χ1v) is 9.87. The van der Waals surface area contributed by atoms with Crippen molar-refractivity contribution in [3.63, 3.8) is 0 Å². The predicted molar refractivity (Wildman–Crippen MR) is 95.3 cm³/mol. The van der Waals surface area contributed by atoms with E-state index in [-0.39, 0.29) is 29.1 Å². The summed E-state index contributed by atoms with van der Waals surface area (Å²) in [4.78, 5) is 16.7. The number of aromatic nitrogens is 5. The number of H-pyrrole nitrogens is 2. The van der Waals surface area contributed by atoms with Gasteiger partial charge in [0.25, 0.3) is 0 Å². The van der Waals surface area contributed by atoms with Gasteiger partial charge in [-0.2, -0.15) is 4.31 Å². The molecule has 2 N–H and O–H groups in total. The second kappa shape index (κ2) is 5.78. The largest absolute Gasteiger partial charge is 0.323 e. The molecule has 3 heterocycles. The normalized spacial score (nSPS) is 18.5. The van der Waals surface area contributed by atoms with Crippen LogP contribution in [0.25, 0.3) is 11.0 Å². The Bertz CT molecular complexity index is 1140. The fraction of sp³-hybridized carbons (Fsp3) is 0.438. The monoisotopic (exact) mass is 376 g/mol. The highest BCUT2D eigenvalue weighted by Gasteiger charge is 2.34. The first-order chi connectivity index (χ1) is 12.3. The van der Waals surface area contributed by atoms with Crippen molar-refractivity contribution in [2.75, 3.05) is 6.54 Å². The molecule has 1 atom stereocenters. The molecule has 2 aromatic heterocycles. The molecule has 0 saturated carbocycles. The number of benzene rings is 1. The van der Waals surface area contributed by atoms with Gasteiger partial charge < -0.3 is 14.5 Å². The average Bonchev–Trinajstić information content (AvgIpc) is 3.16. The molecule has 0 unspecified atom stereocenters. The molecule has 0 radical (unpaired) electrons. The summed E-state index contributed by atoms with van der Waals surface area (Å²) < 4.78 is 29.6. The van der Waals surface area contributed by atoms with Crippen LogP contribution in [-0.2, 0) is 16.6 Å². The van der Waals surface area contributed by atoms with Crippen LogP contribution in [0.3, 0.4) is 0 Å². The predicted octanol–water partition coefficient (Wildman–Crippen LogP) is 1.34. The summed E-state index contributed by atoms with van der Waals surface area (Å²) in [5, 5.41) is 8.42. The standard InChI is InChI=1S/C16H20N6O3S/c1-9(2)15-20-19-14-8-21(7-10(3)22(14)15)26(24,25)11-4-5-12-13(6-11)18-16(23)17-12/h4-6,9-10H,7-8H2,1-3H3,(H2,17,18,23)/t10-/m0/s1. The van der Waals surface area contributed by atoms with Crippen LogP contribution in [-0.4, -0.2) is 44.0 Å². The van der Waals surface area contributed by atoms with Crippen molar-refractivity contribution in [3.05, 3.63) is 40.3 Å². The van der Waals surface area contributed by atoms with E-state index < -0.39 is 10.0 Å². The Morgan fingerprint density at radius 2 is 1.92 bits per heavy atom. The van der Waals surface area contributed by atoms with E-state index in [9.17, 15) is 13.2 Å². The van der Waals surface area contributed by atoms with E-state index in [4.69, 9.17) is 0 Å². The minimum Gasteiger partial charge on any atom is -0.309 e. The van der Waals surface area contributed by atoms with Crippen LogP contribution in [0.15, 0.2) is 27.9 Å². The van der Waals surface area contributed by atoms with Crippen LogP contribution >= 0.6 is 0 Å². The molecule has 1 aliphatic rings. The van der Waals surface area contributed by atoms with E-state index in [1.165, 1.54) is 16.4 Å². The summed E-state index contributed by atoms with van der Waals surface area (Å²) in [6.07, 6.45) is 0. The first-order valence-electron chi connectivity index (χ1n) is 8.43. The van der Waals surface area contributed by atoms with E-state index in [0.717, 1.165) is 5.82 Å². The average molecular weight is 376 g/mol. The summed E-state index contributed by atoms with van der Waals surface area (Å²) in [6.45, 7) is 6.57. The molecule has 4 rings (SSSR count). The highest BCUT2D eigenvalue weighted by Crippen LogP contribution is 2.29. The Labute approximate surface area is 150 Å². The number of nitrogens with one attached hydrogen (secondary N) is 2. The molecule has 1 aromatic carbocycles. The van der Waals surface area contributed by atoms with Crippen LogP contribution in [0.1, 0.15) is 44.4 Å². The topological polar surface area (TPSA) is 117 Å². The Morgan fingerprint density at radius 1 is 1.19 bits per heavy atom. The highest BCUT2D eigenvalue weighted by molar-refractivity contribution is 7.89. The third-order valence-corrected chi connectivity index (χ3v) is 6.47. The van der Waals surface area contributed by atoms with Crippen LogP contribution in [0, 0.1) is 0 Å². The second-order valence-electron chi connectivity index (χ2n) is 6.93. The lowest BCUT2D eigenvalue weighted by Gasteiger charge is -2.32. The summed E-state index contributed by atoms with van der Waals surface area (Å²) in [5.74, 6) is 1.73. The van der Waals surface area contributed by atoms with E-state index in [1.54, 1.807) is 6.07 Å². The lowest BCUT2D eigenvalue weighted by atomic mass is 10.1. The third-order valence-electron chi connectivity index (χ3n) is 4.66. The molecule has 0 aliphatic carbocycles. The van der Waals surface area contributed by atoms with Gasteiger partial charge in [0.1, 0.15) is 11.6 Å². The van der Waals surface area contributed by atoms with Gasteiger partial charge in [0.15, 0.2) is 0 Å². The SMILES string of the molecule is CC(C)c1nnc2n1[C@@H](C)CN(S(=O)(=O)c1ccc3[nH]c(=O)[nH]c3c1)C2. The molecule has 0 saturated heterocycles. The number of hydrogen-bond acceptors (Lipinski definition) is 5. The lowest BCUT2D eigenvalue weighted by molar-refractivity contribution is 0.286. The van der Waals surface area contributed by atoms with Gasteiger partial charge in [0.05, 0.1) is 22.5 Å². The Hall–Kier alpha value is -2.46. The van der Waals surface area contributed by atoms with E-state index in [0.29, 0.717) is 23.4 Å². The lowest BCUT2D eigenvalue weighted by Crippen LogP contribution is -2.40. The van der Waals surface area contributed by atoms with Gasteiger partial charge in [-0.3, -0.25) is 0 Å². The van der Waals surface area contributed by atoms with Gasteiger partial charge in [0.2, 0.25) is 10.0 Å². The fourth-order valence-electron chi connectivity index (χ4n) is 3.42. The smallest absolute Gasteiger partial charge is 0.309 e. The molecule has 26 heavy (non-hydrogen) atoms. The van der Waals surface area contributed by atoms with Crippen LogP contribution < -0.4 is 5.69 Å². The minimum absolute atomic E-state index is 0.0586. The van der Waals surface area contributed by atoms with Gasteiger partial charge in [-0.1, -0.05) is 13.8 Å². The zero-order valence-corrected chi connectivity index (χ0v) is 15.5. The first kappa shape index (κ1) is 17.0. The number of fused-ring (bicyclic) bond motifs is 2. The summed E-state index contributed by atoms with van der Waals surface area (Å²) in [5.41, 5.74) is 0.670. The van der Waals surface area contributed by atoms with Gasteiger partial charge in [0, 0.05) is 18.5 Å². The van der Waals surface area contributed by atoms with Gasteiger partial charge >= 0.3 is 5.69 Å². The second-order valence-corrected chi connectivity index (χ2v) is 8.87. The van der Waals surface area contributed by atoms with E-state index in [2.05, 4.69) is 20.2 Å². The molecule has 0 fully saturated rings. The van der Waals surface area contributed by atoms with Gasteiger partial charge in [-0.05, 0) is 25.1 Å². The molecular formula is C16H20N6O3S. The van der Waals surface area contributed by atoms with Gasteiger partial charge in [-0.25, -0.2) is 13.2 Å². The summed E-state index contributed by atoms with van der Waals surface area (Å²) >= 11 is 0. The maximum Gasteiger partial charge on any atom is 0.323 e. The molecule has 0 amide bonds. The number of aromatic amines is 2. The number of hydrogen-bond donors (Lipinski definition) is 2. The minimum atomic E-state index is -3.71. The van der Waals surface area contributed by atoms with Crippen LogP contribution in [0.5, 0.6) is 0 Å². The Morgan fingerprint density at radius 3 is 2.65 bits per heavy atom. The summed E-state index contributed by atoms with van der Waals surface area (Å²) in [6, 6.07) is 4.51. The molecule has 9 nitrogen and oxygen atoms in total. The maximum absolute atomic E-state index is 13.1. The zero-order valence-electron chi connectivity index (χ0n) is 14.7. The third kappa shape index (κ3) is 2.56. The van der Waals surface area contributed by atoms with E-state index >= 15 is 0 Å². The molecule has 10 heteroatoms. The molecular weight excluding hydrogens is 356 g/mol. The Kier molecular flexibility index (Phi) is 3.77. The van der Waals surface area contributed by atoms with Crippen molar-refractivity contribution in [2.45, 2.75) is 44.2 Å². The van der Waals surface area contributed by atoms with Crippen molar-refractivity contribution in [1.82, 2.24) is 29.0 Å². The van der Waals surface area contributed by atoms with Gasteiger partial charge in [-0.15, -0.1) is 10.2 Å². The quantitative estimate of drug-likeness (QED) is 0.715. The van der Waals surface area contributed by atoms with Crippen LogP contribution in [0.4, 0.5) is 0 Å². The zero-order chi connectivity index (χ0) is 18.6. The summed E-state index contributed by atoms with van der Waals surface area (Å²) in [7, 11) is -3.71. The molecule has 1 aliphatic heterocycles. The van der Waals surface area contributed by atoms with Crippen molar-refractivity contribution < 1.29 is 8.42 Å². The van der Waals surface area contributed by atoms with Crippen molar-refractivity contribution in [2.24, 2.45) is 0 Å². The maximum atomic E-state index is 13.1. The molecule has 138 valence electrons. The highest BCUT2D eigenvalue weighted by atomic mass is 32.2. The number of nitrogens with zero attached hydrogens (tertiary/aromatic N) is 4. The molecule has 3 aromatic rings. The van der Waals surface area contributed by atoms with Crippen molar-refractivity contribution >= 4 is 21.1 Å². The molecule has 0 bridgehead atoms. The number of sulfonamides is 1. The fourth-order valence-corrected chi connectivity index (χ4v) is 4.92.